The van der Waals surface area contributed by atoms with Crippen molar-refractivity contribution in [1.82, 2.24) is 9.78 Å². The van der Waals surface area contributed by atoms with Gasteiger partial charge in [-0.3, -0.25) is 4.68 Å². The van der Waals surface area contributed by atoms with Crippen LogP contribution in [-0.4, -0.2) is 23.4 Å². The van der Waals surface area contributed by atoms with Crippen LogP contribution in [0.4, 0.5) is 5.69 Å². The molecule has 0 spiro atoms. The number of benzene rings is 1. The van der Waals surface area contributed by atoms with Crippen LogP contribution in [-0.2, 0) is 0 Å². The van der Waals surface area contributed by atoms with E-state index >= 15 is 0 Å². The van der Waals surface area contributed by atoms with Crippen LogP contribution in [0, 0.1) is 5.92 Å². The number of ether oxygens (including phenoxy) is 1. The number of nitrogens with zero attached hydrogens (tertiary/aromatic N) is 2. The molecule has 0 bridgehead atoms. The van der Waals surface area contributed by atoms with E-state index in [1.807, 2.05) is 7.05 Å². The van der Waals surface area contributed by atoms with Crippen molar-refractivity contribution in [3.63, 3.8) is 0 Å². The lowest BCUT2D eigenvalue weighted by Gasteiger charge is -2.21. The largest absolute Gasteiger partial charge is 0.491 e. The molecule has 2 aliphatic carbocycles. The second-order valence-corrected chi connectivity index (χ2v) is 6.81. The lowest BCUT2D eigenvalue weighted by atomic mass is 9.96. The summed E-state index contributed by atoms with van der Waals surface area (Å²) in [5.41, 5.74) is 2.12. The van der Waals surface area contributed by atoms with Crippen molar-refractivity contribution in [2.45, 2.75) is 51.0 Å². The molecule has 1 aromatic carbocycles. The Bertz CT molecular complexity index is 654. The topological polar surface area (TPSA) is 39.1 Å². The van der Waals surface area contributed by atoms with Gasteiger partial charge in [-0.2, -0.15) is 5.10 Å². The Hall–Kier alpha value is -1.71. The summed E-state index contributed by atoms with van der Waals surface area (Å²) in [5, 5.41) is 9.29. The highest BCUT2D eigenvalue weighted by molar-refractivity contribution is 5.85. The van der Waals surface area contributed by atoms with Crippen molar-refractivity contribution in [3.05, 3.63) is 18.3 Å². The maximum atomic E-state index is 6.00. The van der Waals surface area contributed by atoms with Crippen molar-refractivity contribution in [1.29, 1.82) is 0 Å². The van der Waals surface area contributed by atoms with Crippen LogP contribution in [0.2, 0.25) is 0 Å². The number of hydrogen-bond acceptors (Lipinski definition) is 3. The summed E-state index contributed by atoms with van der Waals surface area (Å²) in [5.74, 6) is 1.70. The monoisotopic (exact) mass is 299 g/mol. The Kier molecular flexibility index (Phi) is 3.68. The summed E-state index contributed by atoms with van der Waals surface area (Å²) >= 11 is 0. The van der Waals surface area contributed by atoms with Crippen LogP contribution < -0.4 is 10.1 Å². The number of nitrogens with one attached hydrogen (secondary N) is 1. The molecule has 22 heavy (non-hydrogen) atoms. The number of rotatable bonds is 5. The first-order chi connectivity index (χ1) is 10.8. The summed E-state index contributed by atoms with van der Waals surface area (Å²) in [7, 11) is 1.96. The predicted octanol–water partition coefficient (Wildman–Crippen LogP) is 4.37. The van der Waals surface area contributed by atoms with Crippen molar-refractivity contribution in [3.8, 4) is 5.75 Å². The molecule has 4 nitrogen and oxygen atoms in total. The van der Waals surface area contributed by atoms with E-state index < -0.39 is 0 Å². The average molecular weight is 299 g/mol. The molecule has 118 valence electrons. The number of fused-ring (bicyclic) bond motifs is 1. The van der Waals surface area contributed by atoms with Crippen LogP contribution in [0.3, 0.4) is 0 Å². The van der Waals surface area contributed by atoms with E-state index in [1.165, 1.54) is 50.3 Å². The van der Waals surface area contributed by atoms with Gasteiger partial charge in [-0.25, -0.2) is 0 Å². The summed E-state index contributed by atoms with van der Waals surface area (Å²) in [6.07, 6.45) is 11.4. The van der Waals surface area contributed by atoms with Crippen LogP contribution >= 0.6 is 0 Å². The molecule has 2 aromatic rings. The van der Waals surface area contributed by atoms with Crippen molar-refractivity contribution in [2.75, 3.05) is 19.0 Å². The highest BCUT2D eigenvalue weighted by Gasteiger charge is 2.23. The van der Waals surface area contributed by atoms with E-state index in [2.05, 4.69) is 28.3 Å². The van der Waals surface area contributed by atoms with E-state index in [9.17, 15) is 0 Å². The minimum atomic E-state index is 0.579. The van der Waals surface area contributed by atoms with Gasteiger partial charge in [0.1, 0.15) is 5.75 Å². The minimum Gasteiger partial charge on any atom is -0.491 e. The maximum Gasteiger partial charge on any atom is 0.144 e. The van der Waals surface area contributed by atoms with Crippen molar-refractivity contribution in [2.24, 2.45) is 5.92 Å². The third kappa shape index (κ3) is 2.79. The fourth-order valence-electron chi connectivity index (χ4n) is 3.41. The molecule has 2 aliphatic rings. The Morgan fingerprint density at radius 2 is 2.00 bits per heavy atom. The van der Waals surface area contributed by atoms with Gasteiger partial charge in [-0.05, 0) is 37.7 Å². The Morgan fingerprint density at radius 3 is 2.73 bits per heavy atom. The van der Waals surface area contributed by atoms with Gasteiger partial charge >= 0.3 is 0 Å². The molecular formula is C18H25N3O. The first-order valence-electron chi connectivity index (χ1n) is 8.67. The summed E-state index contributed by atoms with van der Waals surface area (Å²) < 4.78 is 8.19. The SMILES string of the molecule is CNc1cc2cn(C3CCCCC3)nc2cc1OCC1CC1. The second kappa shape index (κ2) is 5.82. The summed E-state index contributed by atoms with van der Waals surface area (Å²) in [6.45, 7) is 0.837. The molecule has 0 unspecified atom stereocenters. The van der Waals surface area contributed by atoms with E-state index in [0.717, 1.165) is 29.5 Å². The number of anilines is 1. The lowest BCUT2D eigenvalue weighted by molar-refractivity contribution is 0.301. The number of hydrogen-bond donors (Lipinski definition) is 1. The molecular weight excluding hydrogens is 274 g/mol. The lowest BCUT2D eigenvalue weighted by Crippen LogP contribution is -2.12. The average Bonchev–Trinajstić information content (AvgIpc) is 3.30. The Labute approximate surface area is 131 Å². The Morgan fingerprint density at radius 1 is 1.18 bits per heavy atom. The molecule has 0 amide bonds. The van der Waals surface area contributed by atoms with Crippen LogP contribution in [0.25, 0.3) is 10.9 Å². The van der Waals surface area contributed by atoms with Gasteiger partial charge in [-0.15, -0.1) is 0 Å². The van der Waals surface area contributed by atoms with Crippen LogP contribution in [0.15, 0.2) is 18.3 Å². The highest BCUT2D eigenvalue weighted by Crippen LogP contribution is 2.35. The molecule has 1 aromatic heterocycles. The Balaban J connectivity index is 1.62. The molecule has 0 aliphatic heterocycles. The molecule has 0 saturated heterocycles. The molecule has 0 atom stereocenters. The third-order valence-electron chi connectivity index (χ3n) is 5.01. The smallest absolute Gasteiger partial charge is 0.144 e. The van der Waals surface area contributed by atoms with E-state index in [4.69, 9.17) is 9.84 Å². The van der Waals surface area contributed by atoms with Crippen LogP contribution in [0.5, 0.6) is 5.75 Å². The first-order valence-corrected chi connectivity index (χ1v) is 8.67. The molecule has 2 saturated carbocycles. The number of aromatic nitrogens is 2. The van der Waals surface area contributed by atoms with E-state index in [-0.39, 0.29) is 0 Å². The molecule has 1 heterocycles. The quantitative estimate of drug-likeness (QED) is 0.891. The molecule has 4 rings (SSSR count). The fourth-order valence-corrected chi connectivity index (χ4v) is 3.41. The summed E-state index contributed by atoms with van der Waals surface area (Å²) in [6, 6.07) is 4.85. The molecule has 2 fully saturated rings. The van der Waals surface area contributed by atoms with Crippen molar-refractivity contribution < 1.29 is 4.74 Å². The molecule has 4 heteroatoms. The van der Waals surface area contributed by atoms with Gasteiger partial charge < -0.3 is 10.1 Å². The van der Waals surface area contributed by atoms with E-state index in [0.29, 0.717) is 6.04 Å². The normalized spacial score (nSPS) is 19.5. The van der Waals surface area contributed by atoms with Gasteiger partial charge in [0.25, 0.3) is 0 Å². The van der Waals surface area contributed by atoms with Gasteiger partial charge in [0.15, 0.2) is 0 Å². The predicted molar refractivity (Wildman–Crippen MR) is 89.6 cm³/mol. The van der Waals surface area contributed by atoms with Gasteiger partial charge in [0.2, 0.25) is 0 Å². The van der Waals surface area contributed by atoms with Gasteiger partial charge in [-0.1, -0.05) is 19.3 Å². The first kappa shape index (κ1) is 13.9. The second-order valence-electron chi connectivity index (χ2n) is 6.81. The third-order valence-corrected chi connectivity index (χ3v) is 5.01. The zero-order chi connectivity index (χ0) is 14.9. The minimum absolute atomic E-state index is 0.579. The van der Waals surface area contributed by atoms with Crippen molar-refractivity contribution >= 4 is 16.6 Å². The van der Waals surface area contributed by atoms with Crippen LogP contribution in [0.1, 0.15) is 51.0 Å². The molecule has 0 radical (unpaired) electrons. The zero-order valence-corrected chi connectivity index (χ0v) is 13.3. The fraction of sp³-hybridized carbons (Fsp3) is 0.611. The van der Waals surface area contributed by atoms with E-state index in [1.54, 1.807) is 0 Å². The summed E-state index contributed by atoms with van der Waals surface area (Å²) in [4.78, 5) is 0. The highest BCUT2D eigenvalue weighted by atomic mass is 16.5. The van der Waals surface area contributed by atoms with Gasteiger partial charge in [0, 0.05) is 24.7 Å². The molecule has 1 N–H and O–H groups in total. The maximum absolute atomic E-state index is 6.00. The standard InChI is InChI=1S/C18H25N3O/c1-19-17-9-14-11-21(15-5-3-2-4-6-15)20-16(14)10-18(17)22-12-13-7-8-13/h9-11,13,15,19H,2-8,12H2,1H3. The zero-order valence-electron chi connectivity index (χ0n) is 13.3. The van der Waals surface area contributed by atoms with Gasteiger partial charge in [0.05, 0.1) is 23.9 Å².